The minimum Gasteiger partial charge on any atom is -0.489 e. The summed E-state index contributed by atoms with van der Waals surface area (Å²) in [7, 11) is 0. The third kappa shape index (κ3) is 4.77. The number of hydrogen-bond donors (Lipinski definition) is 0. The average Bonchev–Trinajstić information content (AvgIpc) is 2.61. The summed E-state index contributed by atoms with van der Waals surface area (Å²) < 4.78 is 18.6. The topological polar surface area (TPSA) is 21.6 Å². The van der Waals surface area contributed by atoms with E-state index in [9.17, 15) is 4.39 Å². The van der Waals surface area contributed by atoms with Gasteiger partial charge in [0.1, 0.15) is 18.2 Å². The number of aliphatic imine (C=N–C) groups is 1. The summed E-state index contributed by atoms with van der Waals surface area (Å²) in [4.78, 5) is 4.55. The van der Waals surface area contributed by atoms with E-state index in [0.717, 1.165) is 28.1 Å². The number of rotatable bonds is 5. The fourth-order valence-electron chi connectivity index (χ4n) is 2.49. The second kappa shape index (κ2) is 7.75. The van der Waals surface area contributed by atoms with Gasteiger partial charge in [0.2, 0.25) is 0 Å². The van der Waals surface area contributed by atoms with Gasteiger partial charge in [-0.25, -0.2) is 4.39 Å². The van der Waals surface area contributed by atoms with Crippen molar-refractivity contribution in [1.82, 2.24) is 0 Å². The number of nitrogens with zero attached hydrogens (tertiary/aromatic N) is 1. The summed E-state index contributed by atoms with van der Waals surface area (Å²) in [5.74, 6) is 0.532. The molecule has 0 N–H and O–H groups in total. The molecular weight excluding hydrogens is 313 g/mol. The zero-order valence-electron chi connectivity index (χ0n) is 14.4. The standard InChI is InChI=1S/C22H20FNO/c1-16-3-12-22(17(2)13-16)24-14-18-6-10-21(11-7-18)25-15-19-4-8-20(23)9-5-19/h3-14H,15H2,1-2H3. The Balaban J connectivity index is 1.61. The lowest BCUT2D eigenvalue weighted by Crippen LogP contribution is -1.95. The molecule has 0 saturated carbocycles. The van der Waals surface area contributed by atoms with Crippen molar-refractivity contribution >= 4 is 11.9 Å². The minimum atomic E-state index is -0.240. The van der Waals surface area contributed by atoms with Crippen LogP contribution in [0.1, 0.15) is 22.3 Å². The summed E-state index contributed by atoms with van der Waals surface area (Å²) >= 11 is 0. The zero-order chi connectivity index (χ0) is 17.6. The molecule has 0 aliphatic heterocycles. The van der Waals surface area contributed by atoms with Crippen molar-refractivity contribution in [2.24, 2.45) is 4.99 Å². The van der Waals surface area contributed by atoms with Gasteiger partial charge in [0.25, 0.3) is 0 Å². The van der Waals surface area contributed by atoms with Crippen LogP contribution in [0, 0.1) is 19.7 Å². The Morgan fingerprint density at radius 3 is 2.32 bits per heavy atom. The van der Waals surface area contributed by atoms with Crippen molar-refractivity contribution in [2.45, 2.75) is 20.5 Å². The van der Waals surface area contributed by atoms with Gasteiger partial charge in [-0.3, -0.25) is 4.99 Å². The molecule has 0 spiro atoms. The van der Waals surface area contributed by atoms with Crippen LogP contribution in [-0.2, 0) is 6.61 Å². The summed E-state index contributed by atoms with van der Waals surface area (Å²) in [6.07, 6.45) is 1.85. The molecule has 0 unspecified atom stereocenters. The van der Waals surface area contributed by atoms with E-state index in [-0.39, 0.29) is 5.82 Å². The maximum absolute atomic E-state index is 12.9. The second-order valence-corrected chi connectivity index (χ2v) is 6.03. The van der Waals surface area contributed by atoms with E-state index >= 15 is 0 Å². The van der Waals surface area contributed by atoms with Gasteiger partial charge in [-0.05, 0) is 73.0 Å². The molecular formula is C22H20FNO. The van der Waals surface area contributed by atoms with Gasteiger partial charge in [0.15, 0.2) is 0 Å². The van der Waals surface area contributed by atoms with E-state index < -0.39 is 0 Å². The summed E-state index contributed by atoms with van der Waals surface area (Å²) in [6, 6.07) is 20.3. The molecule has 126 valence electrons. The molecule has 0 aromatic heterocycles. The van der Waals surface area contributed by atoms with Crippen molar-refractivity contribution in [3.8, 4) is 5.75 Å². The molecule has 25 heavy (non-hydrogen) atoms. The maximum atomic E-state index is 12.9. The predicted octanol–water partition coefficient (Wildman–Crippen LogP) is 5.77. The van der Waals surface area contributed by atoms with Gasteiger partial charge in [0.05, 0.1) is 5.69 Å². The molecule has 0 saturated heterocycles. The van der Waals surface area contributed by atoms with Crippen molar-refractivity contribution in [1.29, 1.82) is 0 Å². The first kappa shape index (κ1) is 16.9. The lowest BCUT2D eigenvalue weighted by molar-refractivity contribution is 0.306. The van der Waals surface area contributed by atoms with Gasteiger partial charge in [-0.15, -0.1) is 0 Å². The lowest BCUT2D eigenvalue weighted by Gasteiger charge is -2.06. The highest BCUT2D eigenvalue weighted by atomic mass is 19.1. The van der Waals surface area contributed by atoms with Gasteiger partial charge in [-0.1, -0.05) is 29.8 Å². The fourth-order valence-corrected chi connectivity index (χ4v) is 2.49. The lowest BCUT2D eigenvalue weighted by atomic mass is 10.1. The molecule has 0 aliphatic carbocycles. The SMILES string of the molecule is Cc1ccc(N=Cc2ccc(OCc3ccc(F)cc3)cc2)c(C)c1. The van der Waals surface area contributed by atoms with Crippen molar-refractivity contribution in [2.75, 3.05) is 0 Å². The number of benzene rings is 3. The predicted molar refractivity (Wildman–Crippen MR) is 100 cm³/mol. The molecule has 3 aromatic rings. The van der Waals surface area contributed by atoms with Crippen molar-refractivity contribution in [3.63, 3.8) is 0 Å². The second-order valence-electron chi connectivity index (χ2n) is 6.03. The first-order valence-corrected chi connectivity index (χ1v) is 8.19. The highest BCUT2D eigenvalue weighted by Crippen LogP contribution is 2.20. The summed E-state index contributed by atoms with van der Waals surface area (Å²) in [5.41, 5.74) is 5.31. The molecule has 3 aromatic carbocycles. The number of ether oxygens (including phenoxy) is 1. The van der Waals surface area contributed by atoms with Crippen molar-refractivity contribution < 1.29 is 9.13 Å². The molecule has 0 bridgehead atoms. The maximum Gasteiger partial charge on any atom is 0.123 e. The van der Waals surface area contributed by atoms with Gasteiger partial charge in [0, 0.05) is 6.21 Å². The van der Waals surface area contributed by atoms with Crippen LogP contribution < -0.4 is 4.74 Å². The summed E-state index contributed by atoms with van der Waals surface area (Å²) in [5, 5.41) is 0. The molecule has 0 amide bonds. The van der Waals surface area contributed by atoms with E-state index in [0.29, 0.717) is 6.61 Å². The van der Waals surface area contributed by atoms with Crippen LogP contribution in [0.3, 0.4) is 0 Å². The van der Waals surface area contributed by atoms with Crippen LogP contribution in [0.15, 0.2) is 71.7 Å². The highest BCUT2D eigenvalue weighted by Gasteiger charge is 1.98. The average molecular weight is 333 g/mol. The van der Waals surface area contributed by atoms with Gasteiger partial charge < -0.3 is 4.74 Å². The zero-order valence-corrected chi connectivity index (χ0v) is 14.4. The monoisotopic (exact) mass is 333 g/mol. The molecule has 3 rings (SSSR count). The van der Waals surface area contributed by atoms with Crippen LogP contribution in [0.2, 0.25) is 0 Å². The Bertz CT molecular complexity index is 868. The molecule has 0 atom stereocenters. The Kier molecular flexibility index (Phi) is 5.24. The number of hydrogen-bond acceptors (Lipinski definition) is 2. The number of halogens is 1. The largest absolute Gasteiger partial charge is 0.489 e. The Labute approximate surface area is 147 Å². The van der Waals surface area contributed by atoms with E-state index in [1.54, 1.807) is 12.1 Å². The van der Waals surface area contributed by atoms with E-state index in [2.05, 4.69) is 31.0 Å². The molecule has 0 fully saturated rings. The number of aryl methyl sites for hydroxylation is 2. The Morgan fingerprint density at radius 2 is 1.64 bits per heavy atom. The van der Waals surface area contributed by atoms with Crippen LogP contribution in [-0.4, -0.2) is 6.21 Å². The fraction of sp³-hybridized carbons (Fsp3) is 0.136. The first-order chi connectivity index (χ1) is 12.1. The highest BCUT2D eigenvalue weighted by molar-refractivity contribution is 5.82. The molecule has 0 aliphatic rings. The smallest absolute Gasteiger partial charge is 0.123 e. The first-order valence-electron chi connectivity index (χ1n) is 8.19. The molecule has 0 heterocycles. The molecule has 0 radical (unpaired) electrons. The minimum absolute atomic E-state index is 0.240. The van der Waals surface area contributed by atoms with Crippen LogP contribution in [0.25, 0.3) is 0 Å². The van der Waals surface area contributed by atoms with Gasteiger partial charge in [-0.2, -0.15) is 0 Å². The normalized spacial score (nSPS) is 11.0. The van der Waals surface area contributed by atoms with E-state index in [4.69, 9.17) is 4.74 Å². The van der Waals surface area contributed by atoms with E-state index in [1.807, 2.05) is 36.5 Å². The van der Waals surface area contributed by atoms with E-state index in [1.165, 1.54) is 17.7 Å². The van der Waals surface area contributed by atoms with Crippen LogP contribution >= 0.6 is 0 Å². The van der Waals surface area contributed by atoms with Crippen LogP contribution in [0.5, 0.6) is 5.75 Å². The molecule has 2 nitrogen and oxygen atoms in total. The third-order valence-electron chi connectivity index (χ3n) is 3.90. The van der Waals surface area contributed by atoms with Crippen molar-refractivity contribution in [3.05, 3.63) is 94.8 Å². The van der Waals surface area contributed by atoms with Gasteiger partial charge >= 0.3 is 0 Å². The molecule has 3 heteroatoms. The summed E-state index contributed by atoms with van der Waals surface area (Å²) in [6.45, 7) is 4.55. The Morgan fingerprint density at radius 1 is 0.920 bits per heavy atom. The van der Waals surface area contributed by atoms with Crippen LogP contribution in [0.4, 0.5) is 10.1 Å². The third-order valence-corrected chi connectivity index (χ3v) is 3.90. The quantitative estimate of drug-likeness (QED) is 0.543. The Hall–Kier alpha value is -2.94.